The quantitative estimate of drug-likeness (QED) is 0.586. The molecule has 0 fully saturated rings. The highest BCUT2D eigenvalue weighted by Crippen LogP contribution is 2.41. The molecule has 0 bridgehead atoms. The van der Waals surface area contributed by atoms with E-state index >= 15 is 0 Å². The second-order valence-electron chi connectivity index (χ2n) is 3.61. The first-order valence-corrected chi connectivity index (χ1v) is 7.27. The van der Waals surface area contributed by atoms with E-state index < -0.39 is 5.38 Å². The number of alkyl halides is 1. The summed E-state index contributed by atoms with van der Waals surface area (Å²) in [6.45, 7) is 1.72. The van der Waals surface area contributed by atoms with Crippen LogP contribution in [0.4, 0.5) is 4.39 Å². The summed E-state index contributed by atoms with van der Waals surface area (Å²) in [4.78, 5) is 0.827. The number of halogens is 4. The Balaban J connectivity index is 2.43. The third kappa shape index (κ3) is 2.68. The highest BCUT2D eigenvalue weighted by Gasteiger charge is 2.19. The lowest BCUT2D eigenvalue weighted by atomic mass is 10.1. The highest BCUT2D eigenvalue weighted by atomic mass is 79.9. The second kappa shape index (κ2) is 5.27. The maximum atomic E-state index is 13.9. The van der Waals surface area contributed by atoms with Crippen molar-refractivity contribution in [3.05, 3.63) is 54.9 Å². The van der Waals surface area contributed by atoms with Crippen LogP contribution in [0.2, 0.25) is 4.34 Å². The maximum absolute atomic E-state index is 13.9. The lowest BCUT2D eigenvalue weighted by Crippen LogP contribution is -1.96. The Morgan fingerprint density at radius 1 is 1.41 bits per heavy atom. The molecule has 0 amide bonds. The van der Waals surface area contributed by atoms with Gasteiger partial charge in [0.05, 0.1) is 5.38 Å². The Morgan fingerprint density at radius 2 is 2.12 bits per heavy atom. The Kier molecular flexibility index (Phi) is 4.14. The van der Waals surface area contributed by atoms with E-state index in [1.54, 1.807) is 25.1 Å². The maximum Gasteiger partial charge on any atom is 0.131 e. The van der Waals surface area contributed by atoms with Gasteiger partial charge in [0.15, 0.2) is 0 Å². The molecule has 1 aromatic heterocycles. The third-order valence-corrected chi connectivity index (χ3v) is 5.55. The molecule has 0 aliphatic heterocycles. The molecule has 1 atom stereocenters. The van der Waals surface area contributed by atoms with Gasteiger partial charge in [-0.2, -0.15) is 0 Å². The van der Waals surface area contributed by atoms with E-state index in [2.05, 4.69) is 15.9 Å². The summed E-state index contributed by atoms with van der Waals surface area (Å²) in [5, 5.41) is -0.510. The third-order valence-electron chi connectivity index (χ3n) is 2.41. The van der Waals surface area contributed by atoms with Crippen molar-refractivity contribution in [1.82, 2.24) is 0 Å². The molecule has 2 aromatic rings. The zero-order valence-corrected chi connectivity index (χ0v) is 12.7. The number of benzene rings is 1. The van der Waals surface area contributed by atoms with E-state index in [1.807, 2.05) is 6.07 Å². The lowest BCUT2D eigenvalue weighted by Gasteiger charge is -2.10. The van der Waals surface area contributed by atoms with Crippen molar-refractivity contribution in [2.45, 2.75) is 12.3 Å². The van der Waals surface area contributed by atoms with Crippen LogP contribution in [0.1, 0.15) is 21.4 Å². The average Bonchev–Trinajstić information content (AvgIpc) is 2.62. The molecule has 0 N–H and O–H groups in total. The van der Waals surface area contributed by atoms with Crippen molar-refractivity contribution < 1.29 is 4.39 Å². The van der Waals surface area contributed by atoms with Crippen molar-refractivity contribution in [2.75, 3.05) is 0 Å². The van der Waals surface area contributed by atoms with Gasteiger partial charge in [-0.3, -0.25) is 0 Å². The molecule has 0 nitrogen and oxygen atoms in total. The smallest absolute Gasteiger partial charge is 0.131 e. The summed E-state index contributed by atoms with van der Waals surface area (Å²) in [5.41, 5.74) is 1.08. The normalized spacial score (nSPS) is 12.8. The van der Waals surface area contributed by atoms with E-state index in [1.165, 1.54) is 11.3 Å². The van der Waals surface area contributed by atoms with Crippen LogP contribution < -0.4 is 0 Å². The minimum atomic E-state index is -0.510. The summed E-state index contributed by atoms with van der Waals surface area (Å²) in [6, 6.07) is 7.04. The largest absolute Gasteiger partial charge is 0.206 e. The van der Waals surface area contributed by atoms with Crippen LogP contribution in [0, 0.1) is 12.7 Å². The van der Waals surface area contributed by atoms with Crippen LogP contribution in [0.25, 0.3) is 0 Å². The zero-order chi connectivity index (χ0) is 12.6. The van der Waals surface area contributed by atoms with Crippen molar-refractivity contribution in [3.63, 3.8) is 0 Å². The van der Waals surface area contributed by atoms with E-state index in [0.29, 0.717) is 15.5 Å². The molecule has 0 saturated heterocycles. The number of aryl methyl sites for hydroxylation is 1. The Hall–Kier alpha value is -0.0900. The molecule has 0 spiro atoms. The molecule has 1 heterocycles. The molecule has 2 rings (SSSR count). The Bertz CT molecular complexity index is 534. The van der Waals surface area contributed by atoms with Crippen LogP contribution in [0.15, 0.2) is 28.7 Å². The van der Waals surface area contributed by atoms with E-state index in [0.717, 1.165) is 9.35 Å². The minimum Gasteiger partial charge on any atom is -0.206 e. The topological polar surface area (TPSA) is 0 Å². The predicted molar refractivity (Wildman–Crippen MR) is 75.9 cm³/mol. The predicted octanol–water partition coefficient (Wildman–Crippen LogP) is 5.94. The van der Waals surface area contributed by atoms with Gasteiger partial charge in [0.25, 0.3) is 0 Å². The standard InChI is InChI=1S/C12H8BrCl2FS/c1-6-3-2-4-7(11(6)16)10(14)9-5-8(13)12(15)17-9/h2-5,10H,1H3. The van der Waals surface area contributed by atoms with Gasteiger partial charge in [-0.1, -0.05) is 29.8 Å². The van der Waals surface area contributed by atoms with Gasteiger partial charge in [-0.15, -0.1) is 22.9 Å². The van der Waals surface area contributed by atoms with Crippen molar-refractivity contribution in [3.8, 4) is 0 Å². The zero-order valence-electron chi connectivity index (χ0n) is 8.81. The molecular formula is C12H8BrCl2FS. The molecule has 0 radical (unpaired) electrons. The van der Waals surface area contributed by atoms with Crippen molar-refractivity contribution >= 4 is 50.5 Å². The minimum absolute atomic E-state index is 0.256. The molecule has 1 aromatic carbocycles. The van der Waals surface area contributed by atoms with Gasteiger partial charge >= 0.3 is 0 Å². The lowest BCUT2D eigenvalue weighted by molar-refractivity contribution is 0.603. The van der Waals surface area contributed by atoms with Crippen LogP contribution in [-0.2, 0) is 0 Å². The van der Waals surface area contributed by atoms with Crippen LogP contribution >= 0.6 is 50.5 Å². The number of rotatable bonds is 2. The van der Waals surface area contributed by atoms with Gasteiger partial charge in [0.2, 0.25) is 0 Å². The second-order valence-corrected chi connectivity index (χ2v) is 6.59. The molecule has 90 valence electrons. The molecule has 0 aliphatic carbocycles. The van der Waals surface area contributed by atoms with Crippen molar-refractivity contribution in [1.29, 1.82) is 0 Å². The summed E-state index contributed by atoms with van der Waals surface area (Å²) >= 11 is 16.9. The summed E-state index contributed by atoms with van der Waals surface area (Å²) in [5.74, 6) is -0.256. The van der Waals surface area contributed by atoms with E-state index in [4.69, 9.17) is 23.2 Å². The monoisotopic (exact) mass is 352 g/mol. The average molecular weight is 354 g/mol. The van der Waals surface area contributed by atoms with Gasteiger partial charge < -0.3 is 0 Å². The Morgan fingerprint density at radius 3 is 2.71 bits per heavy atom. The fraction of sp³-hybridized carbons (Fsp3) is 0.167. The number of hydrogen-bond donors (Lipinski definition) is 0. The summed E-state index contributed by atoms with van der Waals surface area (Å²) < 4.78 is 15.3. The Labute approximate surface area is 121 Å². The summed E-state index contributed by atoms with van der Waals surface area (Å²) in [7, 11) is 0. The first kappa shape index (κ1) is 13.3. The first-order valence-electron chi connectivity index (χ1n) is 4.84. The van der Waals surface area contributed by atoms with Gasteiger partial charge in [0.1, 0.15) is 10.2 Å². The van der Waals surface area contributed by atoms with E-state index in [9.17, 15) is 4.39 Å². The molecule has 0 aliphatic rings. The first-order chi connectivity index (χ1) is 8.00. The fourth-order valence-electron chi connectivity index (χ4n) is 1.51. The van der Waals surface area contributed by atoms with Gasteiger partial charge in [-0.05, 0) is 34.5 Å². The summed E-state index contributed by atoms with van der Waals surface area (Å²) in [6.07, 6.45) is 0. The molecular weight excluding hydrogens is 346 g/mol. The van der Waals surface area contributed by atoms with Gasteiger partial charge in [-0.25, -0.2) is 4.39 Å². The number of hydrogen-bond acceptors (Lipinski definition) is 1. The SMILES string of the molecule is Cc1cccc(C(Cl)c2cc(Br)c(Cl)s2)c1F. The van der Waals surface area contributed by atoms with E-state index in [-0.39, 0.29) is 5.82 Å². The molecule has 0 saturated carbocycles. The highest BCUT2D eigenvalue weighted by molar-refractivity contribution is 9.10. The molecule has 17 heavy (non-hydrogen) atoms. The molecule has 5 heteroatoms. The fourth-order valence-corrected chi connectivity index (χ4v) is 3.61. The van der Waals surface area contributed by atoms with Crippen LogP contribution in [0.3, 0.4) is 0 Å². The van der Waals surface area contributed by atoms with Crippen LogP contribution in [0.5, 0.6) is 0 Å². The molecule has 1 unspecified atom stereocenters. The number of thiophene rings is 1. The van der Waals surface area contributed by atoms with Gasteiger partial charge in [0, 0.05) is 14.9 Å². The van der Waals surface area contributed by atoms with Crippen LogP contribution in [-0.4, -0.2) is 0 Å². The van der Waals surface area contributed by atoms with Crippen molar-refractivity contribution in [2.24, 2.45) is 0 Å².